The number of aromatic nitrogens is 1. The summed E-state index contributed by atoms with van der Waals surface area (Å²) in [5.74, 6) is 0.382. The van der Waals surface area contributed by atoms with Crippen LogP contribution in [0.2, 0.25) is 0 Å². The van der Waals surface area contributed by atoms with Gasteiger partial charge in [-0.25, -0.2) is 4.98 Å². The summed E-state index contributed by atoms with van der Waals surface area (Å²) < 4.78 is 6.13. The Morgan fingerprint density at radius 1 is 0.967 bits per heavy atom. The van der Waals surface area contributed by atoms with Crippen molar-refractivity contribution in [3.05, 3.63) is 58.8 Å². The van der Waals surface area contributed by atoms with E-state index >= 15 is 0 Å². The van der Waals surface area contributed by atoms with E-state index in [2.05, 4.69) is 4.98 Å². The summed E-state index contributed by atoms with van der Waals surface area (Å²) in [5, 5.41) is 0. The molecule has 1 aromatic carbocycles. The fourth-order valence-corrected chi connectivity index (χ4v) is 4.14. The average molecular weight is 408 g/mol. The van der Waals surface area contributed by atoms with Crippen LogP contribution in [-0.4, -0.2) is 58.9 Å². The monoisotopic (exact) mass is 407 g/mol. The van der Waals surface area contributed by atoms with Gasteiger partial charge in [0.05, 0.1) is 6.54 Å². The van der Waals surface area contributed by atoms with Crippen molar-refractivity contribution >= 4 is 11.8 Å². The van der Waals surface area contributed by atoms with Gasteiger partial charge < -0.3 is 14.5 Å². The average Bonchev–Trinajstić information content (AvgIpc) is 3.24. The van der Waals surface area contributed by atoms with E-state index in [1.54, 1.807) is 18.3 Å². The number of hydrogen-bond acceptors (Lipinski definition) is 4. The molecule has 6 nitrogen and oxygen atoms in total. The standard InChI is InChI=1S/C24H29N3O3/c1-17-8-9-19(15-18(17)2)23(28)27-14-10-20(16-27)30-22-21(7-6-11-25-22)24(29)26-12-4-3-5-13-26/h6-9,11,15,20H,3-5,10,12-14,16H2,1-2H3. The number of ether oxygens (including phenoxy) is 1. The number of amides is 2. The Hall–Kier alpha value is -2.89. The fourth-order valence-electron chi connectivity index (χ4n) is 4.14. The van der Waals surface area contributed by atoms with Gasteiger partial charge in [-0.15, -0.1) is 0 Å². The lowest BCUT2D eigenvalue weighted by Crippen LogP contribution is -2.36. The minimum absolute atomic E-state index is 0.0149. The van der Waals surface area contributed by atoms with Crippen molar-refractivity contribution in [2.75, 3.05) is 26.2 Å². The van der Waals surface area contributed by atoms with E-state index in [1.165, 1.54) is 12.0 Å². The third kappa shape index (κ3) is 4.32. The van der Waals surface area contributed by atoms with Crippen molar-refractivity contribution in [1.29, 1.82) is 0 Å². The van der Waals surface area contributed by atoms with E-state index < -0.39 is 0 Å². The molecule has 158 valence electrons. The Kier molecular flexibility index (Phi) is 6.02. The van der Waals surface area contributed by atoms with Crippen LogP contribution >= 0.6 is 0 Å². The maximum absolute atomic E-state index is 13.0. The second-order valence-corrected chi connectivity index (χ2v) is 8.29. The Morgan fingerprint density at radius 2 is 1.77 bits per heavy atom. The SMILES string of the molecule is Cc1ccc(C(=O)N2CCC(Oc3ncccc3C(=O)N3CCCCC3)C2)cc1C. The number of carbonyl (C=O) groups excluding carboxylic acids is 2. The van der Waals surface area contributed by atoms with Gasteiger partial charge in [-0.3, -0.25) is 9.59 Å². The Balaban J connectivity index is 1.43. The maximum Gasteiger partial charge on any atom is 0.259 e. The molecule has 30 heavy (non-hydrogen) atoms. The zero-order valence-corrected chi connectivity index (χ0v) is 17.8. The van der Waals surface area contributed by atoms with Crippen molar-refractivity contribution in [3.8, 4) is 5.88 Å². The van der Waals surface area contributed by atoms with E-state index in [0.717, 1.165) is 37.9 Å². The fraction of sp³-hybridized carbons (Fsp3) is 0.458. The number of benzene rings is 1. The first kappa shape index (κ1) is 20.4. The van der Waals surface area contributed by atoms with Crippen molar-refractivity contribution in [1.82, 2.24) is 14.8 Å². The number of pyridine rings is 1. The van der Waals surface area contributed by atoms with Gasteiger partial charge in [0.1, 0.15) is 11.7 Å². The molecule has 1 aromatic heterocycles. The third-order valence-electron chi connectivity index (χ3n) is 6.11. The zero-order chi connectivity index (χ0) is 21.1. The van der Waals surface area contributed by atoms with E-state index in [9.17, 15) is 9.59 Å². The summed E-state index contributed by atoms with van der Waals surface area (Å²) in [6.07, 6.45) is 5.47. The number of aryl methyl sites for hydroxylation is 2. The zero-order valence-electron chi connectivity index (χ0n) is 17.8. The maximum atomic E-state index is 13.0. The first-order chi connectivity index (χ1) is 14.5. The molecular formula is C24H29N3O3. The summed E-state index contributed by atoms with van der Waals surface area (Å²) in [6.45, 7) is 6.77. The molecule has 0 bridgehead atoms. The molecule has 2 aliphatic heterocycles. The van der Waals surface area contributed by atoms with Crippen molar-refractivity contribution in [3.63, 3.8) is 0 Å². The molecule has 1 unspecified atom stereocenters. The van der Waals surface area contributed by atoms with Crippen LogP contribution in [0.15, 0.2) is 36.5 Å². The van der Waals surface area contributed by atoms with Gasteiger partial charge in [0.2, 0.25) is 5.88 Å². The van der Waals surface area contributed by atoms with Crippen LogP contribution in [0.25, 0.3) is 0 Å². The summed E-state index contributed by atoms with van der Waals surface area (Å²) >= 11 is 0. The molecule has 2 saturated heterocycles. The smallest absolute Gasteiger partial charge is 0.259 e. The molecule has 2 aliphatic rings. The first-order valence-corrected chi connectivity index (χ1v) is 10.8. The number of likely N-dealkylation sites (tertiary alicyclic amines) is 2. The number of piperidine rings is 1. The van der Waals surface area contributed by atoms with Crippen LogP contribution in [0.4, 0.5) is 0 Å². The highest BCUT2D eigenvalue weighted by Gasteiger charge is 2.30. The highest BCUT2D eigenvalue weighted by atomic mass is 16.5. The quantitative estimate of drug-likeness (QED) is 0.777. The predicted octanol–water partition coefficient (Wildman–Crippen LogP) is 3.62. The van der Waals surface area contributed by atoms with Gasteiger partial charge >= 0.3 is 0 Å². The normalized spacial score (nSPS) is 19.1. The van der Waals surface area contributed by atoms with Crippen molar-refractivity contribution in [2.45, 2.75) is 45.6 Å². The van der Waals surface area contributed by atoms with Crippen LogP contribution in [0.5, 0.6) is 5.88 Å². The molecule has 0 spiro atoms. The number of hydrogen-bond donors (Lipinski definition) is 0. The van der Waals surface area contributed by atoms with E-state index in [0.29, 0.717) is 30.1 Å². The molecule has 0 N–H and O–H groups in total. The van der Waals surface area contributed by atoms with Crippen molar-refractivity contribution < 1.29 is 14.3 Å². The van der Waals surface area contributed by atoms with Crippen LogP contribution in [0.3, 0.4) is 0 Å². The highest BCUT2D eigenvalue weighted by molar-refractivity contribution is 5.96. The lowest BCUT2D eigenvalue weighted by molar-refractivity contribution is 0.0708. The highest BCUT2D eigenvalue weighted by Crippen LogP contribution is 2.24. The van der Waals surface area contributed by atoms with Crippen LogP contribution in [-0.2, 0) is 0 Å². The van der Waals surface area contributed by atoms with Gasteiger partial charge in [-0.05, 0) is 68.5 Å². The summed E-state index contributed by atoms with van der Waals surface area (Å²) in [5.41, 5.74) is 3.51. The summed E-state index contributed by atoms with van der Waals surface area (Å²) in [6, 6.07) is 9.37. The topological polar surface area (TPSA) is 62.7 Å². The van der Waals surface area contributed by atoms with E-state index in [-0.39, 0.29) is 17.9 Å². The van der Waals surface area contributed by atoms with Crippen LogP contribution in [0, 0.1) is 13.8 Å². The molecule has 3 heterocycles. The Labute approximate surface area is 177 Å². The molecule has 2 fully saturated rings. The van der Waals surface area contributed by atoms with Gasteiger partial charge in [0.25, 0.3) is 11.8 Å². The number of carbonyl (C=O) groups is 2. The molecule has 2 amide bonds. The van der Waals surface area contributed by atoms with Crippen molar-refractivity contribution in [2.24, 2.45) is 0 Å². The van der Waals surface area contributed by atoms with E-state index in [1.807, 2.05) is 41.8 Å². The van der Waals surface area contributed by atoms with E-state index in [4.69, 9.17) is 4.74 Å². The van der Waals surface area contributed by atoms with Gasteiger partial charge in [-0.2, -0.15) is 0 Å². The molecule has 4 rings (SSSR count). The molecule has 0 radical (unpaired) electrons. The van der Waals surface area contributed by atoms with Gasteiger partial charge in [0.15, 0.2) is 0 Å². The lowest BCUT2D eigenvalue weighted by Gasteiger charge is -2.27. The number of rotatable bonds is 4. The van der Waals surface area contributed by atoms with Crippen LogP contribution in [0.1, 0.15) is 57.5 Å². The van der Waals surface area contributed by atoms with Gasteiger partial charge in [0, 0.05) is 37.8 Å². The molecule has 2 aromatic rings. The number of nitrogens with zero attached hydrogens (tertiary/aromatic N) is 3. The Morgan fingerprint density at radius 3 is 2.53 bits per heavy atom. The first-order valence-electron chi connectivity index (χ1n) is 10.8. The second-order valence-electron chi connectivity index (χ2n) is 8.29. The summed E-state index contributed by atoms with van der Waals surface area (Å²) in [7, 11) is 0. The van der Waals surface area contributed by atoms with Crippen LogP contribution < -0.4 is 4.74 Å². The second kappa shape index (κ2) is 8.86. The minimum atomic E-state index is -0.164. The van der Waals surface area contributed by atoms with Gasteiger partial charge in [-0.1, -0.05) is 6.07 Å². The molecule has 6 heteroatoms. The molecular weight excluding hydrogens is 378 g/mol. The Bertz CT molecular complexity index is 937. The molecule has 0 saturated carbocycles. The largest absolute Gasteiger partial charge is 0.472 e. The predicted molar refractivity (Wildman–Crippen MR) is 115 cm³/mol. The molecule has 1 atom stereocenters. The molecule has 0 aliphatic carbocycles. The lowest BCUT2D eigenvalue weighted by atomic mass is 10.1. The third-order valence-corrected chi connectivity index (χ3v) is 6.11. The minimum Gasteiger partial charge on any atom is -0.472 e. The summed E-state index contributed by atoms with van der Waals surface area (Å²) in [4.78, 5) is 33.9.